The fourth-order valence-corrected chi connectivity index (χ4v) is 4.16. The maximum atomic E-state index is 12.5. The Labute approximate surface area is 165 Å². The van der Waals surface area contributed by atoms with E-state index in [2.05, 4.69) is 15.6 Å². The van der Waals surface area contributed by atoms with E-state index >= 15 is 0 Å². The molecule has 0 radical (unpaired) electrons. The second kappa shape index (κ2) is 8.61. The van der Waals surface area contributed by atoms with Gasteiger partial charge < -0.3 is 20.1 Å². The van der Waals surface area contributed by atoms with Crippen LogP contribution in [0.1, 0.15) is 37.8 Å². The fourth-order valence-electron chi connectivity index (χ4n) is 4.16. The average Bonchev–Trinajstić information content (AvgIpc) is 3.33. The topological polar surface area (TPSA) is 72.5 Å². The van der Waals surface area contributed by atoms with Crippen LogP contribution < -0.4 is 15.4 Å². The molecule has 2 aliphatic rings. The third-order valence-corrected chi connectivity index (χ3v) is 5.54. The van der Waals surface area contributed by atoms with E-state index in [9.17, 15) is 4.79 Å². The van der Waals surface area contributed by atoms with Crippen LogP contribution in [0.5, 0.6) is 5.75 Å². The summed E-state index contributed by atoms with van der Waals surface area (Å²) in [6.45, 7) is 1.09. The minimum atomic E-state index is -0.218. The zero-order valence-electron chi connectivity index (χ0n) is 16.0. The SMILES string of the molecule is O=C(Nc1ccccc1OCCc1ccccn1)N[C@@H]1COC2(CCCC2)C1. The Balaban J connectivity index is 1.29. The van der Waals surface area contributed by atoms with Crippen molar-refractivity contribution in [1.82, 2.24) is 10.3 Å². The second-order valence-corrected chi connectivity index (χ2v) is 7.62. The number of hydrogen-bond donors (Lipinski definition) is 2. The first-order chi connectivity index (χ1) is 13.7. The normalized spacial score (nSPS) is 20.2. The Morgan fingerprint density at radius 2 is 2.00 bits per heavy atom. The van der Waals surface area contributed by atoms with Gasteiger partial charge in [-0.2, -0.15) is 0 Å². The van der Waals surface area contributed by atoms with Crippen LogP contribution in [0.25, 0.3) is 0 Å². The van der Waals surface area contributed by atoms with Crippen LogP contribution in [-0.4, -0.2) is 35.9 Å². The average molecular weight is 381 g/mol. The lowest BCUT2D eigenvalue weighted by Gasteiger charge is -2.21. The molecular weight excluding hydrogens is 354 g/mol. The van der Waals surface area contributed by atoms with Crippen molar-refractivity contribution in [3.63, 3.8) is 0 Å². The number of hydrogen-bond acceptors (Lipinski definition) is 4. The van der Waals surface area contributed by atoms with Crippen molar-refractivity contribution >= 4 is 11.7 Å². The molecule has 1 spiro atoms. The minimum absolute atomic E-state index is 0.00440. The Bertz CT molecular complexity index is 791. The summed E-state index contributed by atoms with van der Waals surface area (Å²) >= 11 is 0. The van der Waals surface area contributed by atoms with Gasteiger partial charge in [0.25, 0.3) is 0 Å². The number of urea groups is 1. The van der Waals surface area contributed by atoms with Crippen LogP contribution in [-0.2, 0) is 11.2 Å². The number of rotatable bonds is 6. The van der Waals surface area contributed by atoms with Crippen molar-refractivity contribution in [2.75, 3.05) is 18.5 Å². The maximum Gasteiger partial charge on any atom is 0.319 e. The summed E-state index contributed by atoms with van der Waals surface area (Å²) in [5.74, 6) is 0.656. The summed E-state index contributed by atoms with van der Waals surface area (Å²) in [6, 6.07) is 13.2. The largest absolute Gasteiger partial charge is 0.491 e. The second-order valence-electron chi connectivity index (χ2n) is 7.62. The van der Waals surface area contributed by atoms with Crippen LogP contribution in [0.15, 0.2) is 48.7 Å². The van der Waals surface area contributed by atoms with Crippen molar-refractivity contribution < 1.29 is 14.3 Å². The maximum absolute atomic E-state index is 12.5. The molecule has 2 N–H and O–H groups in total. The van der Waals surface area contributed by atoms with E-state index in [1.807, 2.05) is 42.5 Å². The molecule has 1 atom stereocenters. The van der Waals surface area contributed by atoms with E-state index in [4.69, 9.17) is 9.47 Å². The fraction of sp³-hybridized carbons (Fsp3) is 0.455. The number of carbonyl (C=O) groups excluding carboxylic acids is 1. The first kappa shape index (κ1) is 18.7. The minimum Gasteiger partial charge on any atom is -0.491 e. The van der Waals surface area contributed by atoms with Crippen molar-refractivity contribution in [3.05, 3.63) is 54.4 Å². The van der Waals surface area contributed by atoms with Gasteiger partial charge in [0.05, 0.1) is 30.5 Å². The summed E-state index contributed by atoms with van der Waals surface area (Å²) in [6.07, 6.45) is 8.06. The van der Waals surface area contributed by atoms with Gasteiger partial charge >= 0.3 is 6.03 Å². The van der Waals surface area contributed by atoms with Gasteiger partial charge in [-0.05, 0) is 43.5 Å². The molecule has 0 bridgehead atoms. The van der Waals surface area contributed by atoms with E-state index in [0.29, 0.717) is 31.1 Å². The van der Waals surface area contributed by atoms with Gasteiger partial charge in [0.15, 0.2) is 0 Å². The van der Waals surface area contributed by atoms with Crippen molar-refractivity contribution in [3.8, 4) is 5.75 Å². The van der Waals surface area contributed by atoms with E-state index in [1.54, 1.807) is 6.20 Å². The smallest absolute Gasteiger partial charge is 0.319 e. The highest BCUT2D eigenvalue weighted by atomic mass is 16.5. The first-order valence-corrected chi connectivity index (χ1v) is 10.1. The molecular formula is C22H27N3O3. The van der Waals surface area contributed by atoms with Crippen LogP contribution >= 0.6 is 0 Å². The molecule has 1 aliphatic heterocycles. The van der Waals surface area contributed by atoms with Crippen LogP contribution in [0.2, 0.25) is 0 Å². The monoisotopic (exact) mass is 381 g/mol. The third-order valence-electron chi connectivity index (χ3n) is 5.54. The summed E-state index contributed by atoms with van der Waals surface area (Å²) in [4.78, 5) is 16.8. The Morgan fingerprint density at radius 3 is 2.82 bits per heavy atom. The molecule has 148 valence electrons. The van der Waals surface area contributed by atoms with Crippen molar-refractivity contribution in [1.29, 1.82) is 0 Å². The Hall–Kier alpha value is -2.60. The molecule has 2 heterocycles. The van der Waals surface area contributed by atoms with Crippen molar-refractivity contribution in [2.24, 2.45) is 0 Å². The van der Waals surface area contributed by atoms with E-state index in [0.717, 1.165) is 25.0 Å². The predicted octanol–water partition coefficient (Wildman–Crippen LogP) is 3.93. The highest BCUT2D eigenvalue weighted by Crippen LogP contribution is 2.40. The predicted molar refractivity (Wildman–Crippen MR) is 108 cm³/mol. The van der Waals surface area contributed by atoms with Crippen LogP contribution in [0.3, 0.4) is 0 Å². The van der Waals surface area contributed by atoms with E-state index in [-0.39, 0.29) is 17.7 Å². The number of nitrogens with one attached hydrogen (secondary N) is 2. The molecule has 2 amide bonds. The highest BCUT2D eigenvalue weighted by Gasteiger charge is 2.42. The zero-order valence-corrected chi connectivity index (χ0v) is 16.0. The molecule has 1 saturated heterocycles. The van der Waals surface area contributed by atoms with Gasteiger partial charge in [-0.1, -0.05) is 31.0 Å². The molecule has 6 nitrogen and oxygen atoms in total. The number of amides is 2. The highest BCUT2D eigenvalue weighted by molar-refractivity contribution is 5.91. The number of para-hydroxylation sites is 2. The molecule has 4 rings (SSSR count). The van der Waals surface area contributed by atoms with Gasteiger partial charge in [0.1, 0.15) is 5.75 Å². The molecule has 1 aromatic carbocycles. The van der Waals surface area contributed by atoms with Gasteiger partial charge in [-0.25, -0.2) is 4.79 Å². The number of pyridine rings is 1. The number of aromatic nitrogens is 1. The number of benzene rings is 1. The van der Waals surface area contributed by atoms with Gasteiger partial charge in [0.2, 0.25) is 0 Å². The summed E-state index contributed by atoms with van der Waals surface area (Å²) in [5, 5.41) is 5.97. The molecule has 6 heteroatoms. The molecule has 1 aromatic heterocycles. The van der Waals surface area contributed by atoms with E-state index in [1.165, 1.54) is 12.8 Å². The van der Waals surface area contributed by atoms with Gasteiger partial charge in [0, 0.05) is 18.3 Å². The molecule has 2 fully saturated rings. The summed E-state index contributed by atoms with van der Waals surface area (Å²) < 4.78 is 11.9. The first-order valence-electron chi connectivity index (χ1n) is 10.1. The molecule has 0 unspecified atom stereocenters. The molecule has 1 aliphatic carbocycles. The quantitative estimate of drug-likeness (QED) is 0.795. The van der Waals surface area contributed by atoms with Gasteiger partial charge in [-0.3, -0.25) is 4.98 Å². The number of anilines is 1. The van der Waals surface area contributed by atoms with E-state index < -0.39 is 0 Å². The zero-order chi connectivity index (χ0) is 19.2. The lowest BCUT2D eigenvalue weighted by atomic mass is 9.96. The Kier molecular flexibility index (Phi) is 5.76. The van der Waals surface area contributed by atoms with Crippen LogP contribution in [0.4, 0.5) is 10.5 Å². The summed E-state index contributed by atoms with van der Waals surface area (Å²) in [7, 11) is 0. The molecule has 28 heavy (non-hydrogen) atoms. The number of carbonyl (C=O) groups is 1. The molecule has 2 aromatic rings. The third kappa shape index (κ3) is 4.62. The number of nitrogens with zero attached hydrogens (tertiary/aromatic N) is 1. The summed E-state index contributed by atoms with van der Waals surface area (Å²) in [5.41, 5.74) is 1.65. The number of ether oxygens (including phenoxy) is 2. The van der Waals surface area contributed by atoms with Crippen LogP contribution in [0, 0.1) is 0 Å². The van der Waals surface area contributed by atoms with Gasteiger partial charge in [-0.15, -0.1) is 0 Å². The lowest BCUT2D eigenvalue weighted by Crippen LogP contribution is -2.39. The molecule has 1 saturated carbocycles. The Morgan fingerprint density at radius 1 is 1.18 bits per heavy atom. The van der Waals surface area contributed by atoms with Crippen molar-refractivity contribution in [2.45, 2.75) is 50.2 Å². The lowest BCUT2D eigenvalue weighted by molar-refractivity contribution is 0.00998. The standard InChI is InChI=1S/C22H27N3O3/c26-21(24-18-15-22(28-16-18)11-4-5-12-22)25-19-8-1-2-9-20(19)27-14-10-17-7-3-6-13-23-17/h1-3,6-9,13,18H,4-5,10-12,14-16H2,(H2,24,25,26)/t18-/m0/s1.